The Bertz CT molecular complexity index is 675. The number of para-hydroxylation sites is 2. The van der Waals surface area contributed by atoms with E-state index in [0.29, 0.717) is 12.3 Å². The number of rotatable bonds is 4. The number of carbonyl (C=O) groups excluding carboxylic acids is 1. The molecule has 1 saturated carbocycles. The molecule has 1 aromatic carbocycles. The lowest BCUT2D eigenvalue weighted by Gasteiger charge is -2.41. The van der Waals surface area contributed by atoms with Crippen LogP contribution in [-0.2, 0) is 11.2 Å². The molecule has 2 aliphatic rings. The average Bonchev–Trinajstić information content (AvgIpc) is 3.04. The first-order valence-corrected chi connectivity index (χ1v) is 9.42. The Morgan fingerprint density at radius 2 is 2.00 bits per heavy atom. The third-order valence-corrected chi connectivity index (χ3v) is 5.76. The zero-order chi connectivity index (χ0) is 16.4. The fraction of sp³-hybridized carbons (Fsp3) is 0.600. The molecule has 0 radical (unpaired) electrons. The Morgan fingerprint density at radius 1 is 1.17 bits per heavy atom. The Balaban J connectivity index is 1.27. The Labute approximate surface area is 143 Å². The van der Waals surface area contributed by atoms with Gasteiger partial charge in [-0.1, -0.05) is 31.4 Å². The van der Waals surface area contributed by atoms with Crippen LogP contribution in [0.2, 0.25) is 0 Å². The lowest BCUT2D eigenvalue weighted by atomic mass is 9.75. The number of piperidine rings is 1. The first kappa shape index (κ1) is 15.7. The smallest absolute Gasteiger partial charge is 0.222 e. The largest absolute Gasteiger partial charge is 0.441 e. The maximum atomic E-state index is 12.5. The lowest BCUT2D eigenvalue weighted by molar-refractivity contribution is -0.134. The SMILES string of the molecule is O=C(CCCc1nc2ccccc2o1)N1CC[C@H]2CCCC[C@H]2C1. The molecule has 0 N–H and O–H groups in total. The molecule has 0 unspecified atom stereocenters. The fourth-order valence-corrected chi connectivity index (χ4v) is 4.40. The molecule has 4 heteroatoms. The van der Waals surface area contributed by atoms with Crippen molar-refractivity contribution in [3.63, 3.8) is 0 Å². The molecule has 2 fully saturated rings. The van der Waals surface area contributed by atoms with Gasteiger partial charge >= 0.3 is 0 Å². The highest BCUT2D eigenvalue weighted by Crippen LogP contribution is 2.36. The molecule has 1 aromatic heterocycles. The summed E-state index contributed by atoms with van der Waals surface area (Å²) >= 11 is 0. The van der Waals surface area contributed by atoms with E-state index in [9.17, 15) is 4.79 Å². The summed E-state index contributed by atoms with van der Waals surface area (Å²) in [5, 5.41) is 0. The molecule has 4 nitrogen and oxygen atoms in total. The molecular weight excluding hydrogens is 300 g/mol. The van der Waals surface area contributed by atoms with Gasteiger partial charge in [0.1, 0.15) is 5.52 Å². The first-order chi connectivity index (χ1) is 11.8. The van der Waals surface area contributed by atoms with Crippen molar-refractivity contribution in [3.05, 3.63) is 30.2 Å². The zero-order valence-corrected chi connectivity index (χ0v) is 14.2. The summed E-state index contributed by atoms with van der Waals surface area (Å²) in [6.07, 6.45) is 8.80. The Morgan fingerprint density at radius 3 is 2.88 bits per heavy atom. The van der Waals surface area contributed by atoms with Crippen LogP contribution >= 0.6 is 0 Å². The van der Waals surface area contributed by atoms with Crippen LogP contribution in [0.4, 0.5) is 0 Å². The van der Waals surface area contributed by atoms with E-state index in [2.05, 4.69) is 9.88 Å². The monoisotopic (exact) mass is 326 g/mol. The number of amides is 1. The molecule has 1 saturated heterocycles. The predicted molar refractivity (Wildman–Crippen MR) is 93.6 cm³/mol. The topological polar surface area (TPSA) is 46.3 Å². The summed E-state index contributed by atoms with van der Waals surface area (Å²) < 4.78 is 5.73. The van der Waals surface area contributed by atoms with Crippen LogP contribution in [0, 0.1) is 11.8 Å². The number of aromatic nitrogens is 1. The third kappa shape index (κ3) is 3.33. The van der Waals surface area contributed by atoms with Gasteiger partial charge in [-0.05, 0) is 43.2 Å². The highest BCUT2D eigenvalue weighted by atomic mass is 16.3. The van der Waals surface area contributed by atoms with Gasteiger partial charge in [0.05, 0.1) is 0 Å². The average molecular weight is 326 g/mol. The summed E-state index contributed by atoms with van der Waals surface area (Å²) in [7, 11) is 0. The van der Waals surface area contributed by atoms with E-state index in [4.69, 9.17) is 4.42 Å². The molecule has 128 valence electrons. The van der Waals surface area contributed by atoms with Crippen molar-refractivity contribution in [2.45, 2.75) is 51.4 Å². The van der Waals surface area contributed by atoms with Crippen molar-refractivity contribution in [2.24, 2.45) is 11.8 Å². The van der Waals surface area contributed by atoms with Crippen molar-refractivity contribution in [2.75, 3.05) is 13.1 Å². The second-order valence-electron chi connectivity index (χ2n) is 7.36. The molecule has 1 aliphatic heterocycles. The Kier molecular flexibility index (Phi) is 4.54. The molecule has 2 atom stereocenters. The van der Waals surface area contributed by atoms with Gasteiger partial charge in [-0.25, -0.2) is 4.98 Å². The first-order valence-electron chi connectivity index (χ1n) is 9.42. The normalized spacial score (nSPS) is 24.1. The number of hydrogen-bond donors (Lipinski definition) is 0. The lowest BCUT2D eigenvalue weighted by Crippen LogP contribution is -2.44. The number of hydrogen-bond acceptors (Lipinski definition) is 3. The van der Waals surface area contributed by atoms with E-state index in [-0.39, 0.29) is 0 Å². The number of oxazole rings is 1. The maximum absolute atomic E-state index is 12.5. The van der Waals surface area contributed by atoms with Crippen molar-refractivity contribution in [1.29, 1.82) is 0 Å². The molecule has 24 heavy (non-hydrogen) atoms. The summed E-state index contributed by atoms with van der Waals surface area (Å²) in [6.45, 7) is 1.95. The van der Waals surface area contributed by atoms with E-state index in [1.165, 1.54) is 32.1 Å². The van der Waals surface area contributed by atoms with Gasteiger partial charge in [-0.3, -0.25) is 4.79 Å². The van der Waals surface area contributed by atoms with Gasteiger partial charge in [0.15, 0.2) is 11.5 Å². The minimum atomic E-state index is 0.315. The van der Waals surface area contributed by atoms with E-state index < -0.39 is 0 Å². The van der Waals surface area contributed by atoms with E-state index in [1.54, 1.807) is 0 Å². The highest BCUT2D eigenvalue weighted by molar-refractivity contribution is 5.76. The number of nitrogens with zero attached hydrogens (tertiary/aromatic N) is 2. The molecule has 1 aliphatic carbocycles. The molecule has 2 aromatic rings. The van der Waals surface area contributed by atoms with Crippen molar-refractivity contribution in [1.82, 2.24) is 9.88 Å². The van der Waals surface area contributed by atoms with Crippen LogP contribution in [0.15, 0.2) is 28.7 Å². The van der Waals surface area contributed by atoms with Crippen molar-refractivity contribution < 1.29 is 9.21 Å². The maximum Gasteiger partial charge on any atom is 0.222 e. The van der Waals surface area contributed by atoms with Gasteiger partial charge < -0.3 is 9.32 Å². The quantitative estimate of drug-likeness (QED) is 0.846. The number of fused-ring (bicyclic) bond motifs is 2. The minimum absolute atomic E-state index is 0.315. The van der Waals surface area contributed by atoms with Crippen LogP contribution in [0.25, 0.3) is 11.1 Å². The number of aryl methyl sites for hydroxylation is 1. The molecule has 1 amide bonds. The second kappa shape index (κ2) is 6.96. The minimum Gasteiger partial charge on any atom is -0.441 e. The van der Waals surface area contributed by atoms with Gasteiger partial charge in [-0.15, -0.1) is 0 Å². The molecule has 0 bridgehead atoms. The van der Waals surface area contributed by atoms with E-state index in [1.807, 2.05) is 24.3 Å². The summed E-state index contributed by atoms with van der Waals surface area (Å²) in [5.74, 6) is 2.70. The Hall–Kier alpha value is -1.84. The molecule has 2 heterocycles. The standard InChI is InChI=1S/C20H26N2O2/c23-20(22-13-12-15-6-1-2-7-16(15)14-22)11-5-10-19-21-17-8-3-4-9-18(17)24-19/h3-4,8-9,15-16H,1-2,5-7,10-14H2/t15-,16+/m1/s1. The van der Waals surface area contributed by atoms with Crippen LogP contribution < -0.4 is 0 Å². The van der Waals surface area contributed by atoms with E-state index >= 15 is 0 Å². The number of benzene rings is 1. The number of carbonyl (C=O) groups is 1. The predicted octanol–water partition coefficient (Wildman–Crippen LogP) is 4.19. The third-order valence-electron chi connectivity index (χ3n) is 5.76. The van der Waals surface area contributed by atoms with E-state index in [0.717, 1.165) is 54.8 Å². The second-order valence-corrected chi connectivity index (χ2v) is 7.36. The summed E-state index contributed by atoms with van der Waals surface area (Å²) in [5.41, 5.74) is 1.73. The van der Waals surface area contributed by atoms with Crippen molar-refractivity contribution in [3.8, 4) is 0 Å². The van der Waals surface area contributed by atoms with Gasteiger partial charge in [0.2, 0.25) is 5.91 Å². The van der Waals surface area contributed by atoms with Crippen LogP contribution in [0.5, 0.6) is 0 Å². The van der Waals surface area contributed by atoms with Crippen molar-refractivity contribution >= 4 is 17.0 Å². The van der Waals surface area contributed by atoms with Crippen LogP contribution in [0.3, 0.4) is 0 Å². The highest BCUT2D eigenvalue weighted by Gasteiger charge is 2.32. The van der Waals surface area contributed by atoms with Gasteiger partial charge in [-0.2, -0.15) is 0 Å². The molecular formula is C20H26N2O2. The number of likely N-dealkylation sites (tertiary alicyclic amines) is 1. The van der Waals surface area contributed by atoms with Crippen LogP contribution in [0.1, 0.15) is 50.8 Å². The summed E-state index contributed by atoms with van der Waals surface area (Å²) in [4.78, 5) is 19.1. The van der Waals surface area contributed by atoms with Gasteiger partial charge in [0.25, 0.3) is 0 Å². The molecule has 0 spiro atoms. The molecule has 4 rings (SSSR count). The van der Waals surface area contributed by atoms with Crippen LogP contribution in [-0.4, -0.2) is 28.9 Å². The summed E-state index contributed by atoms with van der Waals surface area (Å²) in [6, 6.07) is 7.82. The fourth-order valence-electron chi connectivity index (χ4n) is 4.40. The zero-order valence-electron chi connectivity index (χ0n) is 14.2. The van der Waals surface area contributed by atoms with Gasteiger partial charge in [0, 0.05) is 25.9 Å².